The molecule has 0 aromatic heterocycles. The molecule has 0 aliphatic heterocycles. The van der Waals surface area contributed by atoms with Crippen molar-refractivity contribution < 1.29 is 14.9 Å². The first-order valence-electron chi connectivity index (χ1n) is 3.47. The summed E-state index contributed by atoms with van der Waals surface area (Å²) in [7, 11) is 0. The van der Waals surface area contributed by atoms with Crippen molar-refractivity contribution in [1.82, 2.24) is 0 Å². The Kier molecular flexibility index (Phi) is 4.60. The Labute approximate surface area is 61.9 Å². The molecule has 0 aliphatic carbocycles. The quantitative estimate of drug-likeness (QED) is 0.359. The van der Waals surface area contributed by atoms with Gasteiger partial charge < -0.3 is 5.11 Å². The van der Waals surface area contributed by atoms with E-state index in [0.29, 0.717) is 13.2 Å². The van der Waals surface area contributed by atoms with Crippen molar-refractivity contribution in [2.45, 2.75) is 20.8 Å². The lowest BCUT2D eigenvalue weighted by molar-refractivity contribution is -0.306. The highest BCUT2D eigenvalue weighted by Crippen LogP contribution is 2.13. The standard InChI is InChI=1S/C7H16O3/c1-4-9-10-6-7(2,3)5-8/h8H,4-6H2,1-3H3. The minimum absolute atomic E-state index is 0.111. The molecule has 0 fully saturated rings. The van der Waals surface area contributed by atoms with Gasteiger partial charge in [0.1, 0.15) is 0 Å². The van der Waals surface area contributed by atoms with E-state index in [0.717, 1.165) is 0 Å². The topological polar surface area (TPSA) is 38.7 Å². The summed E-state index contributed by atoms with van der Waals surface area (Å²) in [6.07, 6.45) is 0. The van der Waals surface area contributed by atoms with Crippen LogP contribution in [0.1, 0.15) is 20.8 Å². The fourth-order valence-electron chi connectivity index (χ4n) is 0.330. The summed E-state index contributed by atoms with van der Waals surface area (Å²) in [4.78, 5) is 9.44. The maximum atomic E-state index is 8.76. The smallest absolute Gasteiger partial charge is 0.0895 e. The third-order valence-electron chi connectivity index (χ3n) is 1.08. The van der Waals surface area contributed by atoms with Gasteiger partial charge in [0.25, 0.3) is 0 Å². The molecule has 10 heavy (non-hydrogen) atoms. The molecule has 0 rings (SSSR count). The molecule has 0 saturated carbocycles. The van der Waals surface area contributed by atoms with E-state index in [4.69, 9.17) is 9.99 Å². The molecule has 0 atom stereocenters. The van der Waals surface area contributed by atoms with Gasteiger partial charge in [-0.2, -0.15) is 0 Å². The van der Waals surface area contributed by atoms with Gasteiger partial charge in [0, 0.05) is 5.41 Å². The van der Waals surface area contributed by atoms with Crippen LogP contribution in [0.3, 0.4) is 0 Å². The summed E-state index contributed by atoms with van der Waals surface area (Å²) in [6, 6.07) is 0. The summed E-state index contributed by atoms with van der Waals surface area (Å²) >= 11 is 0. The maximum absolute atomic E-state index is 8.76. The average Bonchev–Trinajstić information content (AvgIpc) is 1.89. The molecular weight excluding hydrogens is 132 g/mol. The van der Waals surface area contributed by atoms with Crippen molar-refractivity contribution in [3.8, 4) is 0 Å². The number of hydrogen-bond donors (Lipinski definition) is 1. The fourth-order valence-corrected chi connectivity index (χ4v) is 0.330. The second-order valence-corrected chi connectivity index (χ2v) is 2.99. The molecule has 0 aromatic carbocycles. The highest BCUT2D eigenvalue weighted by molar-refractivity contribution is 4.63. The molecule has 0 saturated heterocycles. The Morgan fingerprint density at radius 1 is 1.30 bits per heavy atom. The van der Waals surface area contributed by atoms with Crippen LogP contribution < -0.4 is 0 Å². The van der Waals surface area contributed by atoms with Crippen molar-refractivity contribution in [3.63, 3.8) is 0 Å². The Hall–Kier alpha value is -0.120. The van der Waals surface area contributed by atoms with E-state index < -0.39 is 0 Å². The van der Waals surface area contributed by atoms with Crippen molar-refractivity contribution >= 4 is 0 Å². The van der Waals surface area contributed by atoms with Crippen LogP contribution in [0.25, 0.3) is 0 Å². The van der Waals surface area contributed by atoms with Crippen LogP contribution in [-0.2, 0) is 9.78 Å². The van der Waals surface area contributed by atoms with E-state index >= 15 is 0 Å². The van der Waals surface area contributed by atoms with E-state index in [2.05, 4.69) is 4.89 Å². The first-order chi connectivity index (χ1) is 4.62. The predicted octanol–water partition coefficient (Wildman–Crippen LogP) is 0.973. The zero-order chi connectivity index (χ0) is 8.04. The van der Waals surface area contributed by atoms with Gasteiger partial charge in [0.2, 0.25) is 0 Å². The Morgan fingerprint density at radius 3 is 2.30 bits per heavy atom. The minimum Gasteiger partial charge on any atom is -0.396 e. The molecule has 1 N–H and O–H groups in total. The number of hydrogen-bond acceptors (Lipinski definition) is 3. The largest absolute Gasteiger partial charge is 0.396 e. The van der Waals surface area contributed by atoms with Gasteiger partial charge in [-0.05, 0) is 6.92 Å². The van der Waals surface area contributed by atoms with Gasteiger partial charge >= 0.3 is 0 Å². The summed E-state index contributed by atoms with van der Waals surface area (Å²) in [6.45, 7) is 6.75. The minimum atomic E-state index is -0.199. The van der Waals surface area contributed by atoms with Crippen LogP contribution >= 0.6 is 0 Å². The number of aliphatic hydroxyl groups excluding tert-OH is 1. The van der Waals surface area contributed by atoms with E-state index in [1.54, 1.807) is 0 Å². The van der Waals surface area contributed by atoms with Crippen molar-refractivity contribution in [2.75, 3.05) is 19.8 Å². The second kappa shape index (κ2) is 4.66. The van der Waals surface area contributed by atoms with E-state index in [1.165, 1.54) is 0 Å². The van der Waals surface area contributed by atoms with Crippen molar-refractivity contribution in [1.29, 1.82) is 0 Å². The second-order valence-electron chi connectivity index (χ2n) is 2.99. The van der Waals surface area contributed by atoms with Gasteiger partial charge in [0.15, 0.2) is 0 Å². The Morgan fingerprint density at radius 2 is 1.90 bits per heavy atom. The van der Waals surface area contributed by atoms with Gasteiger partial charge in [-0.15, -0.1) is 0 Å². The van der Waals surface area contributed by atoms with Gasteiger partial charge in [0.05, 0.1) is 19.8 Å². The number of aliphatic hydroxyl groups is 1. The zero-order valence-corrected chi connectivity index (χ0v) is 6.89. The van der Waals surface area contributed by atoms with Crippen LogP contribution in [0.4, 0.5) is 0 Å². The molecule has 0 bridgehead atoms. The molecule has 0 heterocycles. The first kappa shape index (κ1) is 9.88. The molecule has 0 aromatic rings. The normalized spacial score (nSPS) is 12.0. The summed E-state index contributed by atoms with van der Waals surface area (Å²) in [5.41, 5.74) is -0.199. The van der Waals surface area contributed by atoms with Crippen LogP contribution in [0.5, 0.6) is 0 Å². The fraction of sp³-hybridized carbons (Fsp3) is 1.00. The monoisotopic (exact) mass is 148 g/mol. The molecule has 3 nitrogen and oxygen atoms in total. The molecule has 0 amide bonds. The molecule has 0 aliphatic rings. The van der Waals surface area contributed by atoms with Crippen LogP contribution in [0.2, 0.25) is 0 Å². The summed E-state index contributed by atoms with van der Waals surface area (Å²) in [5, 5.41) is 8.76. The van der Waals surface area contributed by atoms with Gasteiger partial charge in [-0.25, -0.2) is 9.78 Å². The lowest BCUT2D eigenvalue weighted by Crippen LogP contribution is -2.23. The average molecular weight is 148 g/mol. The van der Waals surface area contributed by atoms with Gasteiger partial charge in [-0.3, -0.25) is 0 Å². The van der Waals surface area contributed by atoms with Crippen molar-refractivity contribution in [2.24, 2.45) is 5.41 Å². The molecule has 0 spiro atoms. The summed E-state index contributed by atoms with van der Waals surface area (Å²) < 4.78 is 0. The number of rotatable bonds is 5. The molecule has 0 radical (unpaired) electrons. The van der Waals surface area contributed by atoms with E-state index in [9.17, 15) is 0 Å². The third kappa shape index (κ3) is 4.73. The molecule has 3 heteroatoms. The Balaban J connectivity index is 3.28. The van der Waals surface area contributed by atoms with Gasteiger partial charge in [-0.1, -0.05) is 13.8 Å². The lowest BCUT2D eigenvalue weighted by atomic mass is 9.97. The maximum Gasteiger partial charge on any atom is 0.0895 e. The van der Waals surface area contributed by atoms with Crippen LogP contribution in [0, 0.1) is 5.41 Å². The first-order valence-corrected chi connectivity index (χ1v) is 3.47. The van der Waals surface area contributed by atoms with Crippen LogP contribution in [-0.4, -0.2) is 24.9 Å². The molecule has 0 unspecified atom stereocenters. The molecular formula is C7H16O3. The van der Waals surface area contributed by atoms with Crippen LogP contribution in [0.15, 0.2) is 0 Å². The van der Waals surface area contributed by atoms with E-state index in [-0.39, 0.29) is 12.0 Å². The predicted molar refractivity (Wildman–Crippen MR) is 38.4 cm³/mol. The van der Waals surface area contributed by atoms with Crippen molar-refractivity contribution in [3.05, 3.63) is 0 Å². The lowest BCUT2D eigenvalue weighted by Gasteiger charge is -2.19. The molecule has 62 valence electrons. The highest BCUT2D eigenvalue weighted by atomic mass is 17.2. The summed E-state index contributed by atoms with van der Waals surface area (Å²) in [5.74, 6) is 0. The zero-order valence-electron chi connectivity index (χ0n) is 6.89. The Bertz CT molecular complexity index is 80.9. The SMILES string of the molecule is CCOOCC(C)(C)CO. The highest BCUT2D eigenvalue weighted by Gasteiger charge is 2.16. The third-order valence-corrected chi connectivity index (χ3v) is 1.08. The van der Waals surface area contributed by atoms with E-state index in [1.807, 2.05) is 20.8 Å².